The van der Waals surface area contributed by atoms with E-state index in [4.69, 9.17) is 4.74 Å². The number of nitrogens with one attached hydrogen (secondary N) is 2. The Morgan fingerprint density at radius 2 is 1.95 bits per heavy atom. The number of hydrogen-bond acceptors (Lipinski definition) is 4. The lowest BCUT2D eigenvalue weighted by molar-refractivity contribution is 0.0464. The van der Waals surface area contributed by atoms with E-state index in [9.17, 15) is 9.00 Å². The van der Waals surface area contributed by atoms with Crippen molar-refractivity contribution >= 4 is 16.9 Å². The van der Waals surface area contributed by atoms with Crippen LogP contribution in [0.25, 0.3) is 0 Å². The third-order valence-electron chi connectivity index (χ3n) is 2.86. The number of rotatable bonds is 5. The number of amides is 1. The Bertz CT molecular complexity index is 335. The molecule has 0 radical (unpaired) electrons. The first-order valence-corrected chi connectivity index (χ1v) is 8.44. The third kappa shape index (κ3) is 6.92. The van der Waals surface area contributed by atoms with E-state index in [0.717, 1.165) is 12.8 Å². The van der Waals surface area contributed by atoms with Gasteiger partial charge in [-0.3, -0.25) is 4.21 Å². The van der Waals surface area contributed by atoms with E-state index in [1.807, 2.05) is 27.7 Å². The van der Waals surface area contributed by atoms with Crippen molar-refractivity contribution in [3.05, 3.63) is 0 Å². The Hall–Kier alpha value is -0.620. The van der Waals surface area contributed by atoms with Crippen molar-refractivity contribution in [1.82, 2.24) is 10.6 Å². The van der Waals surface area contributed by atoms with Gasteiger partial charge in [0.2, 0.25) is 0 Å². The normalized spacial score (nSPS) is 26.2. The van der Waals surface area contributed by atoms with Gasteiger partial charge in [0, 0.05) is 40.9 Å². The van der Waals surface area contributed by atoms with Crippen molar-refractivity contribution in [2.24, 2.45) is 0 Å². The number of hydrogen-bond donors (Lipinski definition) is 2. The van der Waals surface area contributed by atoms with Crippen LogP contribution >= 0.6 is 0 Å². The summed E-state index contributed by atoms with van der Waals surface area (Å²) in [6.07, 6.45) is 3.17. The van der Waals surface area contributed by atoms with Crippen LogP contribution in [0, 0.1) is 0 Å². The first-order chi connectivity index (χ1) is 8.65. The van der Waals surface area contributed by atoms with Gasteiger partial charge in [-0.1, -0.05) is 0 Å². The van der Waals surface area contributed by atoms with Gasteiger partial charge in [-0.2, -0.15) is 0 Å². The summed E-state index contributed by atoms with van der Waals surface area (Å²) in [4.78, 5) is 11.5. The Labute approximate surface area is 118 Å². The van der Waals surface area contributed by atoms with Gasteiger partial charge in [-0.05, 0) is 40.5 Å². The zero-order valence-corrected chi connectivity index (χ0v) is 13.3. The monoisotopic (exact) mass is 290 g/mol. The molecule has 1 fully saturated rings. The highest BCUT2D eigenvalue weighted by Crippen LogP contribution is 2.21. The van der Waals surface area contributed by atoms with Gasteiger partial charge in [0.15, 0.2) is 0 Å². The van der Waals surface area contributed by atoms with Crippen LogP contribution in [-0.2, 0) is 15.5 Å². The van der Waals surface area contributed by atoms with Gasteiger partial charge >= 0.3 is 6.09 Å². The van der Waals surface area contributed by atoms with E-state index in [1.165, 1.54) is 0 Å². The molecule has 2 atom stereocenters. The fraction of sp³-hybridized carbons (Fsp3) is 0.923. The molecule has 0 heterocycles. The minimum absolute atomic E-state index is 0.187. The minimum atomic E-state index is -0.772. The molecule has 5 nitrogen and oxygen atoms in total. The fourth-order valence-corrected chi connectivity index (χ4v) is 2.95. The van der Waals surface area contributed by atoms with E-state index in [0.29, 0.717) is 11.8 Å². The smallest absolute Gasteiger partial charge is 0.407 e. The summed E-state index contributed by atoms with van der Waals surface area (Å²) in [5.41, 5.74) is -0.453. The molecule has 2 N–H and O–H groups in total. The average Bonchev–Trinajstić information content (AvgIpc) is 2.09. The van der Waals surface area contributed by atoms with Crippen LogP contribution in [-0.4, -0.2) is 46.0 Å². The Morgan fingerprint density at radius 3 is 2.42 bits per heavy atom. The lowest BCUT2D eigenvalue weighted by atomic mass is 9.86. The van der Waals surface area contributed by atoms with E-state index in [1.54, 1.807) is 6.26 Å². The molecule has 0 spiro atoms. The van der Waals surface area contributed by atoms with E-state index in [2.05, 4.69) is 10.6 Å². The van der Waals surface area contributed by atoms with Crippen molar-refractivity contribution in [2.75, 3.05) is 12.0 Å². The SMILES string of the molecule is CC(CS(C)=O)NC1CC(NC(=O)OC(C)(C)C)C1. The molecule has 1 amide bonds. The minimum Gasteiger partial charge on any atom is -0.444 e. The summed E-state index contributed by atoms with van der Waals surface area (Å²) in [6, 6.07) is 0.837. The van der Waals surface area contributed by atoms with Gasteiger partial charge < -0.3 is 15.4 Å². The Kier molecular flexibility index (Phi) is 5.80. The van der Waals surface area contributed by atoms with Crippen LogP contribution in [0.15, 0.2) is 0 Å². The molecule has 0 aromatic heterocycles. The number of ether oxygens (including phenoxy) is 1. The zero-order chi connectivity index (χ0) is 14.6. The van der Waals surface area contributed by atoms with Gasteiger partial charge in [0.25, 0.3) is 0 Å². The van der Waals surface area contributed by atoms with E-state index in [-0.39, 0.29) is 18.2 Å². The topological polar surface area (TPSA) is 67.4 Å². The molecule has 19 heavy (non-hydrogen) atoms. The van der Waals surface area contributed by atoms with E-state index < -0.39 is 16.4 Å². The summed E-state index contributed by atoms with van der Waals surface area (Å²) < 4.78 is 16.3. The summed E-state index contributed by atoms with van der Waals surface area (Å²) in [6.45, 7) is 7.59. The predicted octanol–water partition coefficient (Wildman–Crippen LogP) is 1.40. The fourth-order valence-electron chi connectivity index (χ4n) is 2.15. The van der Waals surface area contributed by atoms with Gasteiger partial charge in [-0.15, -0.1) is 0 Å². The molecule has 1 saturated carbocycles. The van der Waals surface area contributed by atoms with Crippen molar-refractivity contribution < 1.29 is 13.7 Å². The van der Waals surface area contributed by atoms with Crippen molar-refractivity contribution in [3.8, 4) is 0 Å². The van der Waals surface area contributed by atoms with E-state index >= 15 is 0 Å². The average molecular weight is 290 g/mol. The third-order valence-corrected chi connectivity index (χ3v) is 3.83. The number of carbonyl (C=O) groups is 1. The van der Waals surface area contributed by atoms with Crippen LogP contribution in [0.1, 0.15) is 40.5 Å². The molecular formula is C13H26N2O3S. The van der Waals surface area contributed by atoms with Crippen LogP contribution in [0.3, 0.4) is 0 Å². The van der Waals surface area contributed by atoms with Crippen LogP contribution in [0.4, 0.5) is 4.79 Å². The maximum absolute atomic E-state index is 11.5. The van der Waals surface area contributed by atoms with Crippen molar-refractivity contribution in [2.45, 2.75) is 64.3 Å². The second-order valence-corrected chi connectivity index (χ2v) is 7.80. The summed E-state index contributed by atoms with van der Waals surface area (Å²) in [7, 11) is -0.772. The first kappa shape index (κ1) is 16.4. The molecule has 1 aliphatic carbocycles. The first-order valence-electron chi connectivity index (χ1n) is 6.71. The maximum atomic E-state index is 11.5. The highest BCUT2D eigenvalue weighted by atomic mass is 32.2. The maximum Gasteiger partial charge on any atom is 0.407 e. The lowest BCUT2D eigenvalue weighted by Crippen LogP contribution is -2.55. The summed E-state index contributed by atoms with van der Waals surface area (Å²) in [5, 5.41) is 6.27. The van der Waals surface area contributed by atoms with Crippen molar-refractivity contribution in [1.29, 1.82) is 0 Å². The van der Waals surface area contributed by atoms with Crippen molar-refractivity contribution in [3.63, 3.8) is 0 Å². The number of carbonyl (C=O) groups excluding carboxylic acids is 1. The van der Waals surface area contributed by atoms with Crippen LogP contribution in [0.2, 0.25) is 0 Å². The molecule has 0 aliphatic heterocycles. The molecule has 0 aromatic carbocycles. The number of alkyl carbamates (subject to hydrolysis) is 1. The van der Waals surface area contributed by atoms with Crippen LogP contribution < -0.4 is 10.6 Å². The highest BCUT2D eigenvalue weighted by Gasteiger charge is 2.32. The summed E-state index contributed by atoms with van der Waals surface area (Å²) >= 11 is 0. The molecular weight excluding hydrogens is 264 g/mol. The zero-order valence-electron chi connectivity index (χ0n) is 12.5. The molecule has 0 bridgehead atoms. The molecule has 2 unspecified atom stereocenters. The molecule has 0 saturated heterocycles. The Balaban J connectivity index is 2.16. The highest BCUT2D eigenvalue weighted by molar-refractivity contribution is 7.84. The largest absolute Gasteiger partial charge is 0.444 e. The quantitative estimate of drug-likeness (QED) is 0.803. The molecule has 112 valence electrons. The van der Waals surface area contributed by atoms with Crippen LogP contribution in [0.5, 0.6) is 0 Å². The lowest BCUT2D eigenvalue weighted by Gasteiger charge is -2.38. The molecule has 1 aliphatic rings. The van der Waals surface area contributed by atoms with Gasteiger partial charge in [0.05, 0.1) is 0 Å². The Morgan fingerprint density at radius 1 is 1.37 bits per heavy atom. The van der Waals surface area contributed by atoms with Gasteiger partial charge in [0.1, 0.15) is 5.60 Å². The second kappa shape index (κ2) is 6.70. The molecule has 1 rings (SSSR count). The van der Waals surface area contributed by atoms with Gasteiger partial charge in [-0.25, -0.2) is 4.79 Å². The standard InChI is InChI=1S/C13H26N2O3S/c1-9(8-19(5)17)14-10-6-11(7-10)15-12(16)18-13(2,3)4/h9-11,14H,6-8H2,1-5H3,(H,15,16). The summed E-state index contributed by atoms with van der Waals surface area (Å²) in [5.74, 6) is 0.667. The second-order valence-electron chi connectivity index (χ2n) is 6.32. The molecule has 6 heteroatoms. The molecule has 0 aromatic rings. The predicted molar refractivity (Wildman–Crippen MR) is 77.7 cm³/mol.